The first kappa shape index (κ1) is 15.2. The Balaban J connectivity index is 3.09. The molecular weight excluding hydrogens is 240 g/mol. The molecule has 0 saturated heterocycles. The molecule has 0 bridgehead atoms. The molecule has 0 fully saturated rings. The average Bonchev–Trinajstić information content (AvgIpc) is 2.34. The van der Waals surface area contributed by atoms with Crippen LogP contribution in [0.5, 0.6) is 0 Å². The summed E-state index contributed by atoms with van der Waals surface area (Å²) in [6, 6.07) is 5.84. The third kappa shape index (κ3) is 4.05. The number of hydrogen-bond acceptors (Lipinski definition) is 3. The van der Waals surface area contributed by atoms with Crippen molar-refractivity contribution in [2.75, 3.05) is 7.11 Å². The van der Waals surface area contributed by atoms with E-state index in [2.05, 4.69) is 25.5 Å². The summed E-state index contributed by atoms with van der Waals surface area (Å²) in [5, 5.41) is 0. The molecule has 0 aliphatic rings. The summed E-state index contributed by atoms with van der Waals surface area (Å²) in [6.07, 6.45) is 2.39. The van der Waals surface area contributed by atoms with Crippen LogP contribution in [0.1, 0.15) is 42.3 Å². The third-order valence-electron chi connectivity index (χ3n) is 2.94. The lowest BCUT2D eigenvalue weighted by molar-refractivity contribution is -0.134. The van der Waals surface area contributed by atoms with E-state index in [9.17, 15) is 9.59 Å². The smallest absolute Gasteiger partial charge is 0.330 e. The minimum atomic E-state index is -0.530. The van der Waals surface area contributed by atoms with Crippen molar-refractivity contribution >= 4 is 11.8 Å². The molecular formula is C16H20O3. The van der Waals surface area contributed by atoms with Crippen LogP contribution in [0, 0.1) is 6.92 Å². The number of methoxy groups -OCH3 is 1. The highest BCUT2D eigenvalue weighted by Gasteiger charge is 2.16. The predicted molar refractivity (Wildman–Crippen MR) is 75.4 cm³/mol. The van der Waals surface area contributed by atoms with Crippen LogP contribution < -0.4 is 0 Å². The molecule has 19 heavy (non-hydrogen) atoms. The van der Waals surface area contributed by atoms with Gasteiger partial charge in [0.2, 0.25) is 0 Å². The van der Waals surface area contributed by atoms with Crippen molar-refractivity contribution in [3.8, 4) is 0 Å². The average molecular weight is 260 g/mol. The van der Waals surface area contributed by atoms with Crippen molar-refractivity contribution in [1.29, 1.82) is 0 Å². The highest BCUT2D eigenvalue weighted by atomic mass is 16.5. The molecule has 1 aromatic rings. The Bertz CT molecular complexity index is 519. The van der Waals surface area contributed by atoms with Crippen molar-refractivity contribution in [2.45, 2.75) is 33.1 Å². The van der Waals surface area contributed by atoms with Crippen LogP contribution in [0.2, 0.25) is 0 Å². The second kappa shape index (κ2) is 5.83. The van der Waals surface area contributed by atoms with E-state index in [1.165, 1.54) is 13.2 Å². The van der Waals surface area contributed by atoms with Crippen molar-refractivity contribution in [1.82, 2.24) is 0 Å². The van der Waals surface area contributed by atoms with E-state index in [1.54, 1.807) is 0 Å². The number of carbonyl (C=O) groups is 2. The number of ketones is 1. The van der Waals surface area contributed by atoms with Gasteiger partial charge in [0.25, 0.3) is 0 Å². The van der Waals surface area contributed by atoms with Crippen LogP contribution in [-0.2, 0) is 14.9 Å². The maximum atomic E-state index is 12.1. The van der Waals surface area contributed by atoms with Gasteiger partial charge in [-0.05, 0) is 35.6 Å². The Hall–Kier alpha value is -1.90. The molecule has 1 aromatic carbocycles. The molecule has 3 nitrogen and oxygen atoms in total. The first-order valence-electron chi connectivity index (χ1n) is 6.17. The van der Waals surface area contributed by atoms with E-state index >= 15 is 0 Å². The molecule has 0 N–H and O–H groups in total. The molecule has 0 heterocycles. The molecule has 0 spiro atoms. The fraction of sp³-hybridized carbons (Fsp3) is 0.375. The fourth-order valence-electron chi connectivity index (χ4n) is 1.66. The van der Waals surface area contributed by atoms with E-state index in [-0.39, 0.29) is 11.2 Å². The SMILES string of the molecule is COC(=O)/C=C/C(=O)c1cc(C(C)(C)C)ccc1C. The summed E-state index contributed by atoms with van der Waals surface area (Å²) in [7, 11) is 1.28. The van der Waals surface area contributed by atoms with Gasteiger partial charge in [-0.1, -0.05) is 32.9 Å². The zero-order valence-electron chi connectivity index (χ0n) is 12.1. The molecule has 0 aromatic heterocycles. The van der Waals surface area contributed by atoms with Crippen molar-refractivity contribution in [3.05, 3.63) is 47.0 Å². The van der Waals surface area contributed by atoms with Gasteiger partial charge in [0.15, 0.2) is 5.78 Å². The zero-order chi connectivity index (χ0) is 14.6. The van der Waals surface area contributed by atoms with Crippen LogP contribution in [0.15, 0.2) is 30.4 Å². The lowest BCUT2D eigenvalue weighted by Crippen LogP contribution is -2.12. The summed E-state index contributed by atoms with van der Waals surface area (Å²) in [6.45, 7) is 8.16. The first-order valence-corrected chi connectivity index (χ1v) is 6.17. The number of benzene rings is 1. The quantitative estimate of drug-likeness (QED) is 0.476. The molecule has 0 saturated carbocycles. The molecule has 0 amide bonds. The van der Waals surface area contributed by atoms with Crippen LogP contribution in [0.3, 0.4) is 0 Å². The van der Waals surface area contributed by atoms with Gasteiger partial charge in [0, 0.05) is 11.6 Å². The highest BCUT2D eigenvalue weighted by molar-refractivity contribution is 6.08. The van der Waals surface area contributed by atoms with E-state index in [4.69, 9.17) is 0 Å². The number of carbonyl (C=O) groups excluding carboxylic acids is 2. The highest BCUT2D eigenvalue weighted by Crippen LogP contribution is 2.24. The maximum Gasteiger partial charge on any atom is 0.330 e. The molecule has 0 aliphatic carbocycles. The van der Waals surface area contributed by atoms with Crippen molar-refractivity contribution < 1.29 is 14.3 Å². The Morgan fingerprint density at radius 3 is 2.32 bits per heavy atom. The Labute approximate surface area is 114 Å². The topological polar surface area (TPSA) is 43.4 Å². The van der Waals surface area contributed by atoms with Crippen LogP contribution in [0.4, 0.5) is 0 Å². The standard InChI is InChI=1S/C16H20O3/c1-11-6-7-12(16(2,3)4)10-13(11)14(17)8-9-15(18)19-5/h6-10H,1-5H3/b9-8+. The van der Waals surface area contributed by atoms with E-state index in [1.807, 2.05) is 25.1 Å². The van der Waals surface area contributed by atoms with Crippen molar-refractivity contribution in [3.63, 3.8) is 0 Å². The van der Waals surface area contributed by atoms with Crippen LogP contribution in [0.25, 0.3) is 0 Å². The van der Waals surface area contributed by atoms with Gasteiger partial charge in [-0.15, -0.1) is 0 Å². The van der Waals surface area contributed by atoms with E-state index in [0.29, 0.717) is 5.56 Å². The molecule has 0 atom stereocenters. The summed E-state index contributed by atoms with van der Waals surface area (Å²) < 4.78 is 4.47. The first-order chi connectivity index (χ1) is 8.75. The van der Waals surface area contributed by atoms with Gasteiger partial charge >= 0.3 is 5.97 Å². The molecule has 102 valence electrons. The Kier molecular flexibility index (Phi) is 4.65. The van der Waals surface area contributed by atoms with E-state index in [0.717, 1.165) is 17.2 Å². The van der Waals surface area contributed by atoms with Gasteiger partial charge < -0.3 is 4.74 Å². The molecule has 1 rings (SSSR count). The number of hydrogen-bond donors (Lipinski definition) is 0. The van der Waals surface area contributed by atoms with Gasteiger partial charge in [-0.3, -0.25) is 4.79 Å². The van der Waals surface area contributed by atoms with Gasteiger partial charge in [0.05, 0.1) is 7.11 Å². The summed E-state index contributed by atoms with van der Waals surface area (Å²) in [5.74, 6) is -0.716. The lowest BCUT2D eigenvalue weighted by Gasteiger charge is -2.20. The molecule has 0 radical (unpaired) electrons. The predicted octanol–water partition coefficient (Wildman–Crippen LogP) is 3.20. The summed E-state index contributed by atoms with van der Waals surface area (Å²) in [5.41, 5.74) is 2.59. The van der Waals surface area contributed by atoms with Crippen LogP contribution >= 0.6 is 0 Å². The maximum absolute atomic E-state index is 12.1. The largest absolute Gasteiger partial charge is 0.466 e. The van der Waals surface area contributed by atoms with Gasteiger partial charge in [-0.2, -0.15) is 0 Å². The monoisotopic (exact) mass is 260 g/mol. The molecule has 0 aliphatic heterocycles. The van der Waals surface area contributed by atoms with Gasteiger partial charge in [-0.25, -0.2) is 4.79 Å². The third-order valence-corrected chi connectivity index (χ3v) is 2.94. The Morgan fingerprint density at radius 2 is 1.79 bits per heavy atom. The summed E-state index contributed by atoms with van der Waals surface area (Å²) >= 11 is 0. The van der Waals surface area contributed by atoms with Gasteiger partial charge in [0.1, 0.15) is 0 Å². The normalized spacial score (nSPS) is 11.6. The minimum Gasteiger partial charge on any atom is -0.466 e. The minimum absolute atomic E-state index is 0.0191. The molecule has 0 unspecified atom stereocenters. The number of rotatable bonds is 3. The number of ether oxygens (including phenoxy) is 1. The second-order valence-electron chi connectivity index (χ2n) is 5.50. The van der Waals surface area contributed by atoms with Crippen molar-refractivity contribution in [2.24, 2.45) is 0 Å². The number of aryl methyl sites for hydroxylation is 1. The second-order valence-corrected chi connectivity index (χ2v) is 5.50. The zero-order valence-corrected chi connectivity index (χ0v) is 12.1. The van der Waals surface area contributed by atoms with Crippen LogP contribution in [-0.4, -0.2) is 18.9 Å². The molecule has 3 heteroatoms. The Morgan fingerprint density at radius 1 is 1.16 bits per heavy atom. The fourth-order valence-corrected chi connectivity index (χ4v) is 1.66. The number of esters is 1. The lowest BCUT2D eigenvalue weighted by atomic mass is 9.85. The number of allylic oxidation sites excluding steroid dienone is 1. The van der Waals surface area contributed by atoms with E-state index < -0.39 is 5.97 Å². The summed E-state index contributed by atoms with van der Waals surface area (Å²) in [4.78, 5) is 23.1.